The van der Waals surface area contributed by atoms with E-state index in [4.69, 9.17) is 10.5 Å². The van der Waals surface area contributed by atoms with Crippen molar-refractivity contribution < 1.29 is 22.7 Å². The predicted octanol–water partition coefficient (Wildman–Crippen LogP) is 3.20. The molecule has 1 unspecified atom stereocenters. The van der Waals surface area contributed by atoms with Gasteiger partial charge >= 0.3 is 6.18 Å². The van der Waals surface area contributed by atoms with Crippen LogP contribution >= 0.6 is 0 Å². The molecule has 0 spiro atoms. The van der Waals surface area contributed by atoms with Crippen molar-refractivity contribution in [1.29, 1.82) is 0 Å². The zero-order valence-electron chi connectivity index (χ0n) is 13.9. The minimum absolute atomic E-state index is 0.0643. The van der Waals surface area contributed by atoms with Crippen LogP contribution in [-0.4, -0.2) is 13.0 Å². The van der Waals surface area contributed by atoms with E-state index in [0.717, 1.165) is 6.07 Å². The number of nitrogens with two attached hydrogens (primary N) is 1. The average molecular weight is 352 g/mol. The van der Waals surface area contributed by atoms with Gasteiger partial charge in [0.25, 0.3) is 0 Å². The van der Waals surface area contributed by atoms with Crippen molar-refractivity contribution in [2.75, 3.05) is 7.11 Å². The monoisotopic (exact) mass is 352 g/mol. The second kappa shape index (κ2) is 7.14. The molecule has 0 aliphatic heterocycles. The Morgan fingerprint density at radius 3 is 2.36 bits per heavy atom. The molecular formula is C18H19F3N2O2. The Hall–Kier alpha value is -2.54. The number of amides is 1. The molecular weight excluding hydrogens is 333 g/mol. The van der Waals surface area contributed by atoms with E-state index < -0.39 is 23.2 Å². The number of hydrogen-bond acceptors (Lipinski definition) is 3. The van der Waals surface area contributed by atoms with Crippen LogP contribution in [0.4, 0.5) is 13.2 Å². The van der Waals surface area contributed by atoms with Crippen LogP contribution in [0.15, 0.2) is 48.5 Å². The molecule has 25 heavy (non-hydrogen) atoms. The summed E-state index contributed by atoms with van der Waals surface area (Å²) in [5.41, 5.74) is 4.35. The number of carbonyl (C=O) groups excluding carboxylic acids is 1. The normalized spacial score (nSPS) is 13.8. The van der Waals surface area contributed by atoms with E-state index in [1.165, 1.54) is 26.2 Å². The van der Waals surface area contributed by atoms with Crippen LogP contribution in [0.2, 0.25) is 0 Å². The third kappa shape index (κ3) is 4.30. The Morgan fingerprint density at radius 1 is 1.16 bits per heavy atom. The maximum atomic E-state index is 13.2. The molecule has 134 valence electrons. The zero-order valence-corrected chi connectivity index (χ0v) is 13.9. The molecule has 0 saturated carbocycles. The average Bonchev–Trinajstić information content (AvgIpc) is 2.59. The quantitative estimate of drug-likeness (QED) is 0.869. The Kier molecular flexibility index (Phi) is 5.37. The van der Waals surface area contributed by atoms with Crippen molar-refractivity contribution in [2.45, 2.75) is 25.2 Å². The number of methoxy groups -OCH3 is 1. The zero-order chi connectivity index (χ0) is 18.7. The Balaban J connectivity index is 2.20. The van der Waals surface area contributed by atoms with Crippen LogP contribution in [0.3, 0.4) is 0 Å². The lowest BCUT2D eigenvalue weighted by molar-refractivity contribution is -0.138. The van der Waals surface area contributed by atoms with Gasteiger partial charge in [0, 0.05) is 6.54 Å². The number of carbonyl (C=O) groups is 1. The molecule has 0 bridgehead atoms. The van der Waals surface area contributed by atoms with Crippen molar-refractivity contribution in [1.82, 2.24) is 5.32 Å². The highest BCUT2D eigenvalue weighted by Gasteiger charge is 2.35. The summed E-state index contributed by atoms with van der Waals surface area (Å²) in [6, 6.07) is 12.2. The fourth-order valence-electron chi connectivity index (χ4n) is 2.38. The number of ether oxygens (including phenoxy) is 1. The molecule has 0 aliphatic rings. The maximum Gasteiger partial charge on any atom is 0.416 e. The third-order valence-corrected chi connectivity index (χ3v) is 3.91. The summed E-state index contributed by atoms with van der Waals surface area (Å²) in [7, 11) is 1.29. The maximum absolute atomic E-state index is 13.2. The molecule has 7 heteroatoms. The Bertz CT molecular complexity index is 744. The van der Waals surface area contributed by atoms with E-state index >= 15 is 0 Å². The molecule has 1 atom stereocenters. The first-order chi connectivity index (χ1) is 11.7. The van der Waals surface area contributed by atoms with Crippen LogP contribution in [-0.2, 0) is 23.1 Å². The number of halogens is 3. The van der Waals surface area contributed by atoms with Gasteiger partial charge in [-0.05, 0) is 30.2 Å². The van der Waals surface area contributed by atoms with Gasteiger partial charge < -0.3 is 15.8 Å². The van der Waals surface area contributed by atoms with Gasteiger partial charge in [-0.2, -0.15) is 13.2 Å². The van der Waals surface area contributed by atoms with Crippen LogP contribution < -0.4 is 15.8 Å². The van der Waals surface area contributed by atoms with E-state index in [-0.39, 0.29) is 17.9 Å². The highest BCUT2D eigenvalue weighted by Crippen LogP contribution is 2.34. The molecule has 0 heterocycles. The topological polar surface area (TPSA) is 64.3 Å². The first kappa shape index (κ1) is 18.8. The summed E-state index contributed by atoms with van der Waals surface area (Å²) in [5, 5.41) is 2.48. The molecule has 1 amide bonds. The lowest BCUT2D eigenvalue weighted by Gasteiger charge is -2.24. The molecule has 0 fully saturated rings. The number of benzene rings is 2. The van der Waals surface area contributed by atoms with Gasteiger partial charge in [0.1, 0.15) is 11.3 Å². The van der Waals surface area contributed by atoms with Gasteiger partial charge in [-0.1, -0.05) is 36.4 Å². The summed E-state index contributed by atoms with van der Waals surface area (Å²) in [6.07, 6.45) is -4.56. The van der Waals surface area contributed by atoms with Crippen molar-refractivity contribution in [2.24, 2.45) is 5.73 Å². The highest BCUT2D eigenvalue weighted by molar-refractivity contribution is 5.87. The molecule has 0 saturated heterocycles. The first-order valence-corrected chi connectivity index (χ1v) is 7.53. The summed E-state index contributed by atoms with van der Waals surface area (Å²) in [6.45, 7) is 1.22. The molecule has 0 radical (unpaired) electrons. The number of nitrogens with one attached hydrogen (secondary N) is 1. The molecule has 3 N–H and O–H groups in total. The molecule has 0 aromatic heterocycles. The number of hydrogen-bond donors (Lipinski definition) is 2. The summed E-state index contributed by atoms with van der Waals surface area (Å²) >= 11 is 0. The van der Waals surface area contributed by atoms with Gasteiger partial charge in [-0.15, -0.1) is 0 Å². The standard InChI is InChI=1S/C18H19F3N2O2/c1-17(22,13-6-4-3-5-7-13)16(24)23-11-12-8-9-14(25-2)10-15(12)18(19,20)21/h3-10H,11,22H2,1-2H3,(H,23,24). The molecule has 2 aromatic carbocycles. The Morgan fingerprint density at radius 2 is 1.80 bits per heavy atom. The second-order valence-corrected chi connectivity index (χ2v) is 5.77. The number of alkyl halides is 3. The van der Waals surface area contributed by atoms with Gasteiger partial charge in [0.05, 0.1) is 12.7 Å². The summed E-state index contributed by atoms with van der Waals surface area (Å²) < 4.78 is 44.4. The largest absolute Gasteiger partial charge is 0.497 e. The van der Waals surface area contributed by atoms with Gasteiger partial charge in [-0.3, -0.25) is 4.79 Å². The second-order valence-electron chi connectivity index (χ2n) is 5.77. The SMILES string of the molecule is COc1ccc(CNC(=O)C(C)(N)c2ccccc2)c(C(F)(F)F)c1. The first-order valence-electron chi connectivity index (χ1n) is 7.53. The third-order valence-electron chi connectivity index (χ3n) is 3.91. The van der Waals surface area contributed by atoms with E-state index in [0.29, 0.717) is 5.56 Å². The van der Waals surface area contributed by atoms with Gasteiger partial charge in [0.2, 0.25) is 5.91 Å². The van der Waals surface area contributed by atoms with E-state index in [2.05, 4.69) is 5.32 Å². The lowest BCUT2D eigenvalue weighted by atomic mass is 9.92. The van der Waals surface area contributed by atoms with Crippen LogP contribution in [0.1, 0.15) is 23.6 Å². The minimum atomic E-state index is -4.56. The van der Waals surface area contributed by atoms with Gasteiger partial charge in [0.15, 0.2) is 0 Å². The fraction of sp³-hybridized carbons (Fsp3) is 0.278. The molecule has 2 aromatic rings. The Labute approximate surface area is 143 Å². The predicted molar refractivity (Wildman–Crippen MR) is 87.8 cm³/mol. The van der Waals surface area contributed by atoms with E-state index in [1.54, 1.807) is 30.3 Å². The lowest BCUT2D eigenvalue weighted by Crippen LogP contribution is -2.48. The van der Waals surface area contributed by atoms with Crippen molar-refractivity contribution in [3.63, 3.8) is 0 Å². The van der Waals surface area contributed by atoms with Crippen molar-refractivity contribution >= 4 is 5.91 Å². The summed E-state index contributed by atoms with van der Waals surface area (Å²) in [5.74, 6) is -0.474. The minimum Gasteiger partial charge on any atom is -0.497 e. The highest BCUT2D eigenvalue weighted by atomic mass is 19.4. The van der Waals surface area contributed by atoms with Crippen LogP contribution in [0.25, 0.3) is 0 Å². The molecule has 0 aliphatic carbocycles. The van der Waals surface area contributed by atoms with Crippen molar-refractivity contribution in [3.8, 4) is 5.75 Å². The fourth-order valence-corrected chi connectivity index (χ4v) is 2.38. The molecule has 2 rings (SSSR count). The number of rotatable bonds is 5. The van der Waals surface area contributed by atoms with Crippen LogP contribution in [0, 0.1) is 0 Å². The van der Waals surface area contributed by atoms with Crippen LogP contribution in [0.5, 0.6) is 5.75 Å². The summed E-state index contributed by atoms with van der Waals surface area (Å²) in [4.78, 5) is 12.4. The molecule has 4 nitrogen and oxygen atoms in total. The smallest absolute Gasteiger partial charge is 0.416 e. The van der Waals surface area contributed by atoms with Gasteiger partial charge in [-0.25, -0.2) is 0 Å². The van der Waals surface area contributed by atoms with E-state index in [1.807, 2.05) is 0 Å². The van der Waals surface area contributed by atoms with E-state index in [9.17, 15) is 18.0 Å². The van der Waals surface area contributed by atoms with Crippen molar-refractivity contribution in [3.05, 3.63) is 65.2 Å².